The number of aryl methyl sites for hydroxylation is 1. The van der Waals surface area contributed by atoms with Crippen LogP contribution < -0.4 is 4.74 Å². The van der Waals surface area contributed by atoms with E-state index in [0.717, 1.165) is 34.9 Å². The first-order valence-electron chi connectivity index (χ1n) is 6.76. The van der Waals surface area contributed by atoms with Gasteiger partial charge in [0.05, 0.1) is 6.61 Å². The smallest absolute Gasteiger partial charge is 0.187 e. The Morgan fingerprint density at radius 1 is 1.15 bits per heavy atom. The number of nitrogens with zero attached hydrogens (tertiary/aromatic N) is 4. The Balaban J connectivity index is 2.22. The molecular formula is C15H16N4O. The highest BCUT2D eigenvalue weighted by Crippen LogP contribution is 2.30. The Bertz CT molecular complexity index is 736. The van der Waals surface area contributed by atoms with Crippen LogP contribution in [0.25, 0.3) is 16.9 Å². The van der Waals surface area contributed by atoms with Gasteiger partial charge in [-0.05, 0) is 19.1 Å². The first-order valence-corrected chi connectivity index (χ1v) is 6.76. The molecule has 0 atom stereocenters. The molecule has 2 heterocycles. The molecule has 0 saturated carbocycles. The monoisotopic (exact) mass is 268 g/mol. The van der Waals surface area contributed by atoms with Crippen LogP contribution in [0.2, 0.25) is 0 Å². The van der Waals surface area contributed by atoms with Gasteiger partial charge in [-0.1, -0.05) is 19.1 Å². The molecule has 1 aromatic carbocycles. The largest absolute Gasteiger partial charge is 0.493 e. The Morgan fingerprint density at radius 3 is 2.80 bits per heavy atom. The lowest BCUT2D eigenvalue weighted by atomic mass is 10.1. The van der Waals surface area contributed by atoms with E-state index in [2.05, 4.69) is 22.1 Å². The van der Waals surface area contributed by atoms with Crippen LogP contribution in [0.4, 0.5) is 0 Å². The fourth-order valence-corrected chi connectivity index (χ4v) is 2.25. The Kier molecular flexibility index (Phi) is 3.33. The molecule has 3 aromatic rings. The molecule has 0 radical (unpaired) electrons. The van der Waals surface area contributed by atoms with Crippen LogP contribution in [0.1, 0.15) is 19.7 Å². The number of para-hydroxylation sites is 1. The second kappa shape index (κ2) is 5.28. The van der Waals surface area contributed by atoms with Crippen LogP contribution in [0, 0.1) is 0 Å². The van der Waals surface area contributed by atoms with Crippen molar-refractivity contribution in [1.82, 2.24) is 19.6 Å². The summed E-state index contributed by atoms with van der Waals surface area (Å²) in [4.78, 5) is 4.46. The first kappa shape index (κ1) is 12.6. The summed E-state index contributed by atoms with van der Waals surface area (Å²) in [6.07, 6.45) is 4.49. The van der Waals surface area contributed by atoms with Crippen LogP contribution in [0.3, 0.4) is 0 Å². The summed E-state index contributed by atoms with van der Waals surface area (Å²) in [6.45, 7) is 4.65. The topological polar surface area (TPSA) is 52.3 Å². The maximum Gasteiger partial charge on any atom is 0.187 e. The maximum absolute atomic E-state index is 5.68. The van der Waals surface area contributed by atoms with Crippen LogP contribution in [0.15, 0.2) is 36.7 Å². The van der Waals surface area contributed by atoms with Crippen molar-refractivity contribution in [2.75, 3.05) is 6.61 Å². The molecule has 0 N–H and O–H groups in total. The fraction of sp³-hybridized carbons (Fsp3) is 0.267. The van der Waals surface area contributed by atoms with Gasteiger partial charge in [-0.2, -0.15) is 0 Å². The normalized spacial score (nSPS) is 10.9. The number of benzene rings is 1. The van der Waals surface area contributed by atoms with Gasteiger partial charge in [-0.25, -0.2) is 0 Å². The van der Waals surface area contributed by atoms with Gasteiger partial charge < -0.3 is 4.74 Å². The van der Waals surface area contributed by atoms with Gasteiger partial charge in [0.15, 0.2) is 5.65 Å². The third-order valence-electron chi connectivity index (χ3n) is 3.16. The van der Waals surface area contributed by atoms with Gasteiger partial charge in [0.2, 0.25) is 0 Å². The Hall–Kier alpha value is -2.43. The molecular weight excluding hydrogens is 252 g/mol. The van der Waals surface area contributed by atoms with E-state index in [1.807, 2.05) is 41.8 Å². The second-order valence-corrected chi connectivity index (χ2v) is 4.37. The van der Waals surface area contributed by atoms with E-state index in [1.165, 1.54) is 0 Å². The third-order valence-corrected chi connectivity index (χ3v) is 3.16. The summed E-state index contributed by atoms with van der Waals surface area (Å²) >= 11 is 0. The number of rotatable bonds is 4. The lowest BCUT2D eigenvalue weighted by Crippen LogP contribution is -1.98. The quantitative estimate of drug-likeness (QED) is 0.730. The average Bonchev–Trinajstić information content (AvgIpc) is 2.91. The minimum Gasteiger partial charge on any atom is -0.493 e. The SMILES string of the molecule is CCOc1ccccc1-c1nccn2c(CC)nnc12. The number of ether oxygens (including phenoxy) is 1. The zero-order valence-corrected chi connectivity index (χ0v) is 11.6. The molecule has 5 heteroatoms. The highest BCUT2D eigenvalue weighted by atomic mass is 16.5. The Labute approximate surface area is 117 Å². The molecule has 0 aliphatic heterocycles. The van der Waals surface area contributed by atoms with Crippen LogP contribution in [-0.4, -0.2) is 26.2 Å². The van der Waals surface area contributed by atoms with E-state index in [1.54, 1.807) is 6.20 Å². The van der Waals surface area contributed by atoms with Gasteiger partial charge in [-0.15, -0.1) is 10.2 Å². The molecule has 0 aliphatic carbocycles. The number of hydrogen-bond acceptors (Lipinski definition) is 4. The van der Waals surface area contributed by atoms with Crippen molar-refractivity contribution in [3.05, 3.63) is 42.5 Å². The molecule has 0 amide bonds. The number of hydrogen-bond donors (Lipinski definition) is 0. The molecule has 2 aromatic heterocycles. The highest BCUT2D eigenvalue weighted by Gasteiger charge is 2.14. The summed E-state index contributed by atoms with van der Waals surface area (Å²) in [6, 6.07) is 7.87. The summed E-state index contributed by atoms with van der Waals surface area (Å²) in [5, 5.41) is 8.47. The highest BCUT2D eigenvalue weighted by molar-refractivity contribution is 5.77. The minimum absolute atomic E-state index is 0.618. The molecule has 0 unspecified atom stereocenters. The van der Waals surface area contributed by atoms with Crippen molar-refractivity contribution in [3.63, 3.8) is 0 Å². The van der Waals surface area contributed by atoms with Gasteiger partial charge in [-0.3, -0.25) is 9.38 Å². The zero-order valence-electron chi connectivity index (χ0n) is 11.6. The molecule has 0 aliphatic rings. The van der Waals surface area contributed by atoms with E-state index in [-0.39, 0.29) is 0 Å². The third kappa shape index (κ3) is 2.01. The first-order chi connectivity index (χ1) is 9.85. The number of aromatic nitrogens is 4. The second-order valence-electron chi connectivity index (χ2n) is 4.37. The summed E-state index contributed by atoms with van der Waals surface area (Å²) < 4.78 is 7.65. The molecule has 0 bridgehead atoms. The van der Waals surface area contributed by atoms with Crippen molar-refractivity contribution in [3.8, 4) is 17.0 Å². The van der Waals surface area contributed by atoms with Crippen molar-refractivity contribution in [2.45, 2.75) is 20.3 Å². The molecule has 3 rings (SSSR count). The molecule has 20 heavy (non-hydrogen) atoms. The lowest BCUT2D eigenvalue weighted by molar-refractivity contribution is 0.341. The zero-order chi connectivity index (χ0) is 13.9. The van der Waals surface area contributed by atoms with E-state index < -0.39 is 0 Å². The lowest BCUT2D eigenvalue weighted by Gasteiger charge is -2.09. The van der Waals surface area contributed by atoms with Crippen LogP contribution in [0.5, 0.6) is 5.75 Å². The molecule has 5 nitrogen and oxygen atoms in total. The molecule has 102 valence electrons. The fourth-order valence-electron chi connectivity index (χ4n) is 2.25. The van der Waals surface area contributed by atoms with Crippen molar-refractivity contribution < 1.29 is 4.74 Å². The van der Waals surface area contributed by atoms with Crippen LogP contribution >= 0.6 is 0 Å². The van der Waals surface area contributed by atoms with Crippen LogP contribution in [-0.2, 0) is 6.42 Å². The minimum atomic E-state index is 0.618. The Morgan fingerprint density at radius 2 is 2.00 bits per heavy atom. The predicted molar refractivity (Wildman–Crippen MR) is 76.8 cm³/mol. The van der Waals surface area contributed by atoms with E-state index in [0.29, 0.717) is 6.61 Å². The number of fused-ring (bicyclic) bond motifs is 1. The van der Waals surface area contributed by atoms with Crippen molar-refractivity contribution >= 4 is 5.65 Å². The standard InChI is InChI=1S/C15H16N4O/c1-3-13-17-18-15-14(16-9-10-19(13)15)11-7-5-6-8-12(11)20-4-2/h5-10H,3-4H2,1-2H3. The van der Waals surface area contributed by atoms with Crippen molar-refractivity contribution in [2.24, 2.45) is 0 Å². The average molecular weight is 268 g/mol. The predicted octanol–water partition coefficient (Wildman–Crippen LogP) is 2.75. The van der Waals surface area contributed by atoms with E-state index in [9.17, 15) is 0 Å². The van der Waals surface area contributed by atoms with E-state index >= 15 is 0 Å². The summed E-state index contributed by atoms with van der Waals surface area (Å²) in [5.41, 5.74) is 2.50. The van der Waals surface area contributed by atoms with Gasteiger partial charge in [0.1, 0.15) is 17.3 Å². The molecule has 0 spiro atoms. The van der Waals surface area contributed by atoms with E-state index in [4.69, 9.17) is 4.74 Å². The summed E-state index contributed by atoms with van der Waals surface area (Å²) in [5.74, 6) is 1.74. The maximum atomic E-state index is 5.68. The van der Waals surface area contributed by atoms with Crippen molar-refractivity contribution in [1.29, 1.82) is 0 Å². The molecule has 0 fully saturated rings. The van der Waals surface area contributed by atoms with Gasteiger partial charge >= 0.3 is 0 Å². The summed E-state index contributed by atoms with van der Waals surface area (Å²) in [7, 11) is 0. The van der Waals surface area contributed by atoms with Gasteiger partial charge in [0.25, 0.3) is 0 Å². The van der Waals surface area contributed by atoms with Gasteiger partial charge in [0, 0.05) is 24.4 Å². The molecule has 0 saturated heterocycles.